The first kappa shape index (κ1) is 20.6. The van der Waals surface area contributed by atoms with Crippen molar-refractivity contribution >= 4 is 23.3 Å². The summed E-state index contributed by atoms with van der Waals surface area (Å²) in [7, 11) is 1.55. The average molecular weight is 407 g/mol. The molecule has 10 nitrogen and oxygen atoms in total. The van der Waals surface area contributed by atoms with E-state index in [1.807, 2.05) is 18.2 Å². The molecular formula is C20H21N7O3. The third-order valence-corrected chi connectivity index (χ3v) is 3.81. The molecule has 2 aromatic heterocycles. The van der Waals surface area contributed by atoms with Crippen LogP contribution in [0.3, 0.4) is 0 Å². The highest BCUT2D eigenvalue weighted by molar-refractivity contribution is 5.94. The van der Waals surface area contributed by atoms with Crippen molar-refractivity contribution in [3.8, 4) is 17.8 Å². The van der Waals surface area contributed by atoms with E-state index >= 15 is 0 Å². The van der Waals surface area contributed by atoms with Crippen LogP contribution in [0.1, 0.15) is 36.8 Å². The van der Waals surface area contributed by atoms with Crippen molar-refractivity contribution in [2.45, 2.75) is 26.4 Å². The minimum absolute atomic E-state index is 0.00239. The summed E-state index contributed by atoms with van der Waals surface area (Å²) in [5.74, 6) is 0.341. The Bertz CT molecular complexity index is 1130. The Morgan fingerprint density at radius 1 is 1.27 bits per heavy atom. The van der Waals surface area contributed by atoms with Gasteiger partial charge in [0.15, 0.2) is 0 Å². The molecule has 0 spiro atoms. The Morgan fingerprint density at radius 2 is 2.00 bits per heavy atom. The van der Waals surface area contributed by atoms with E-state index < -0.39 is 11.6 Å². The van der Waals surface area contributed by atoms with Gasteiger partial charge in [0.25, 0.3) is 5.95 Å². The highest BCUT2D eigenvalue weighted by Gasteiger charge is 2.24. The van der Waals surface area contributed by atoms with E-state index in [9.17, 15) is 10.1 Å². The van der Waals surface area contributed by atoms with Gasteiger partial charge in [-0.15, -0.1) is 0 Å². The zero-order valence-electron chi connectivity index (χ0n) is 17.0. The number of ether oxygens (including phenoxy) is 2. The zero-order chi connectivity index (χ0) is 21.9. The number of methoxy groups -OCH3 is 1. The van der Waals surface area contributed by atoms with Crippen molar-refractivity contribution in [1.29, 1.82) is 5.26 Å². The molecule has 2 heterocycles. The summed E-state index contributed by atoms with van der Waals surface area (Å²) in [5, 5.41) is 16.5. The molecule has 0 radical (unpaired) electrons. The van der Waals surface area contributed by atoms with Crippen LogP contribution in [0.5, 0.6) is 5.75 Å². The van der Waals surface area contributed by atoms with Crippen LogP contribution < -0.4 is 15.8 Å². The number of hydrogen-bond donors (Lipinski definition) is 2. The van der Waals surface area contributed by atoms with Crippen molar-refractivity contribution in [3.63, 3.8) is 0 Å². The predicted molar refractivity (Wildman–Crippen MR) is 110 cm³/mol. The van der Waals surface area contributed by atoms with Crippen molar-refractivity contribution < 1.29 is 14.3 Å². The number of carbonyl (C=O) groups is 1. The van der Waals surface area contributed by atoms with E-state index in [-0.39, 0.29) is 23.0 Å². The number of benzene rings is 1. The first-order chi connectivity index (χ1) is 14.2. The number of hydrogen-bond acceptors (Lipinski definition) is 9. The summed E-state index contributed by atoms with van der Waals surface area (Å²) < 4.78 is 11.8. The molecule has 0 amide bonds. The lowest BCUT2D eigenvalue weighted by Gasteiger charge is -2.19. The minimum atomic E-state index is -0.686. The number of aromatic nitrogens is 4. The monoisotopic (exact) mass is 407 g/mol. The smallest absolute Gasteiger partial charge is 0.344 e. The van der Waals surface area contributed by atoms with Crippen LogP contribution in [0.25, 0.3) is 5.95 Å². The van der Waals surface area contributed by atoms with E-state index in [1.54, 1.807) is 40.0 Å². The van der Waals surface area contributed by atoms with Gasteiger partial charge in [-0.3, -0.25) is 0 Å². The molecule has 10 heteroatoms. The van der Waals surface area contributed by atoms with Gasteiger partial charge in [-0.05, 0) is 32.9 Å². The first-order valence-electron chi connectivity index (χ1n) is 8.98. The molecular weight excluding hydrogens is 386 g/mol. The summed E-state index contributed by atoms with van der Waals surface area (Å²) in [4.78, 5) is 20.9. The first-order valence-corrected chi connectivity index (χ1v) is 8.98. The van der Waals surface area contributed by atoms with Crippen LogP contribution in [0.4, 0.5) is 17.3 Å². The average Bonchev–Trinajstić information content (AvgIpc) is 3.08. The highest BCUT2D eigenvalue weighted by atomic mass is 16.6. The van der Waals surface area contributed by atoms with E-state index in [1.165, 1.54) is 16.9 Å². The molecule has 0 saturated heterocycles. The maximum atomic E-state index is 12.4. The van der Waals surface area contributed by atoms with Crippen molar-refractivity contribution in [2.24, 2.45) is 0 Å². The third-order valence-electron chi connectivity index (χ3n) is 3.81. The second-order valence-corrected chi connectivity index (χ2v) is 7.23. The van der Waals surface area contributed by atoms with Gasteiger partial charge in [-0.25, -0.2) is 4.79 Å². The van der Waals surface area contributed by atoms with Crippen LogP contribution in [0, 0.1) is 11.3 Å². The van der Waals surface area contributed by atoms with Gasteiger partial charge in [0.05, 0.1) is 19.0 Å². The topological polar surface area (TPSA) is 141 Å². The van der Waals surface area contributed by atoms with Crippen LogP contribution in [-0.4, -0.2) is 38.4 Å². The normalized spacial score (nSPS) is 10.9. The van der Waals surface area contributed by atoms with Gasteiger partial charge < -0.3 is 20.5 Å². The second kappa shape index (κ2) is 8.08. The van der Waals surface area contributed by atoms with Crippen LogP contribution >= 0.6 is 0 Å². The highest BCUT2D eigenvalue weighted by Crippen LogP contribution is 2.27. The Labute approximate surface area is 173 Å². The van der Waals surface area contributed by atoms with Gasteiger partial charge >= 0.3 is 5.97 Å². The molecule has 0 aliphatic carbocycles. The molecule has 3 rings (SSSR count). The maximum Gasteiger partial charge on any atom is 0.344 e. The number of nitrogen functional groups attached to an aromatic ring is 1. The van der Waals surface area contributed by atoms with Gasteiger partial charge in [-0.2, -0.15) is 25.0 Å². The molecule has 154 valence electrons. The van der Waals surface area contributed by atoms with Crippen LogP contribution in [-0.2, 0) is 4.74 Å². The minimum Gasteiger partial charge on any atom is -0.495 e. The Hall–Kier alpha value is -4.13. The fraction of sp³-hybridized carbons (Fsp3) is 0.250. The molecule has 0 saturated carbocycles. The molecule has 0 aliphatic rings. The standard InChI is InChI=1S/C20H21N7O3/c1-20(2,3)30-18(28)13-11-23-27(17(13)22)19-24-12(10-21)9-16(26-19)25-14-7-5-6-8-15(14)29-4/h5-9,11H,22H2,1-4H3,(H,24,25,26). The van der Waals surface area contributed by atoms with Gasteiger partial charge in [0, 0.05) is 6.07 Å². The molecule has 3 aromatic rings. The van der Waals surface area contributed by atoms with Gasteiger partial charge in [0.2, 0.25) is 0 Å². The molecule has 0 aliphatic heterocycles. The maximum absolute atomic E-state index is 12.4. The lowest BCUT2D eigenvalue weighted by Crippen LogP contribution is -2.24. The number of rotatable bonds is 5. The van der Waals surface area contributed by atoms with E-state index in [0.717, 1.165) is 0 Å². The van der Waals surface area contributed by atoms with Gasteiger partial charge in [0.1, 0.15) is 40.3 Å². The molecule has 3 N–H and O–H groups in total. The molecule has 0 atom stereocenters. The predicted octanol–water partition coefficient (Wildman–Crippen LogP) is 2.82. The second-order valence-electron chi connectivity index (χ2n) is 7.23. The Morgan fingerprint density at radius 3 is 2.67 bits per heavy atom. The number of nitrogens with two attached hydrogens (primary N) is 1. The number of nitrogens with one attached hydrogen (secondary N) is 1. The fourth-order valence-electron chi connectivity index (χ4n) is 2.54. The number of carbonyl (C=O) groups excluding carboxylic acids is 1. The quantitative estimate of drug-likeness (QED) is 0.611. The molecule has 0 unspecified atom stereocenters. The number of nitriles is 1. The van der Waals surface area contributed by atoms with E-state index in [2.05, 4.69) is 20.4 Å². The van der Waals surface area contributed by atoms with Crippen molar-refractivity contribution in [1.82, 2.24) is 19.7 Å². The lowest BCUT2D eigenvalue weighted by atomic mass is 10.2. The fourth-order valence-corrected chi connectivity index (χ4v) is 2.54. The van der Waals surface area contributed by atoms with E-state index in [0.29, 0.717) is 17.3 Å². The third kappa shape index (κ3) is 4.47. The lowest BCUT2D eigenvalue weighted by molar-refractivity contribution is 0.00708. The Kier molecular flexibility index (Phi) is 5.55. The van der Waals surface area contributed by atoms with Crippen molar-refractivity contribution in [3.05, 3.63) is 47.8 Å². The number of nitrogens with zero attached hydrogens (tertiary/aromatic N) is 5. The van der Waals surface area contributed by atoms with Crippen LogP contribution in [0.15, 0.2) is 36.5 Å². The van der Waals surface area contributed by atoms with Crippen LogP contribution in [0.2, 0.25) is 0 Å². The summed E-state index contributed by atoms with van der Waals surface area (Å²) in [5.41, 5.74) is 6.22. The molecule has 0 bridgehead atoms. The summed E-state index contributed by atoms with van der Waals surface area (Å²) in [6, 6.07) is 10.7. The van der Waals surface area contributed by atoms with E-state index in [4.69, 9.17) is 15.2 Å². The number of anilines is 3. The molecule has 0 fully saturated rings. The van der Waals surface area contributed by atoms with Crippen molar-refractivity contribution in [2.75, 3.05) is 18.2 Å². The molecule has 1 aromatic carbocycles. The largest absolute Gasteiger partial charge is 0.495 e. The van der Waals surface area contributed by atoms with Gasteiger partial charge in [-0.1, -0.05) is 12.1 Å². The SMILES string of the molecule is COc1ccccc1Nc1cc(C#N)nc(-n2ncc(C(=O)OC(C)(C)C)c2N)n1. The Balaban J connectivity index is 1.99. The molecule has 30 heavy (non-hydrogen) atoms. The summed E-state index contributed by atoms with van der Waals surface area (Å²) in [6.07, 6.45) is 1.28. The summed E-state index contributed by atoms with van der Waals surface area (Å²) >= 11 is 0. The summed E-state index contributed by atoms with van der Waals surface area (Å²) in [6.45, 7) is 5.25. The zero-order valence-corrected chi connectivity index (χ0v) is 17.0. The number of para-hydroxylation sites is 2. The number of esters is 1.